The Bertz CT molecular complexity index is 1490. The van der Waals surface area contributed by atoms with E-state index in [2.05, 4.69) is 121 Å². The first-order valence-corrected chi connectivity index (χ1v) is 11.2. The average Bonchev–Trinajstić information content (AvgIpc) is 2.88. The molecule has 0 amide bonds. The lowest BCUT2D eigenvalue weighted by Crippen LogP contribution is -2.06. The highest BCUT2D eigenvalue weighted by molar-refractivity contribution is 6.19. The summed E-state index contributed by atoms with van der Waals surface area (Å²) in [5.41, 5.74) is 6.53. The Kier molecular flexibility index (Phi) is 5.73. The molecule has 0 unspecified atom stereocenters. The molecular weight excluding hydrogens is 400 g/mol. The molecule has 5 aromatic rings. The van der Waals surface area contributed by atoms with E-state index in [4.69, 9.17) is 4.99 Å². The molecule has 0 aromatic heterocycles. The quantitative estimate of drug-likeness (QED) is 0.284. The minimum Gasteiger partial charge on any atom is -0.354 e. The minimum atomic E-state index is 0.941. The first-order chi connectivity index (χ1) is 16.2. The monoisotopic (exact) mass is 426 g/mol. The first-order valence-electron chi connectivity index (χ1n) is 11.2. The van der Waals surface area contributed by atoms with Gasteiger partial charge >= 0.3 is 0 Å². The number of aryl methyl sites for hydroxylation is 1. The average molecular weight is 427 g/mol. The summed E-state index contributed by atoms with van der Waals surface area (Å²) < 4.78 is 0. The van der Waals surface area contributed by atoms with Crippen LogP contribution in [0, 0.1) is 6.92 Å². The van der Waals surface area contributed by atoms with Crippen LogP contribution in [0.4, 0.5) is 5.69 Å². The number of allylic oxidation sites excluding steroid dienone is 1. The molecule has 160 valence electrons. The molecule has 0 aliphatic carbocycles. The zero-order valence-electron chi connectivity index (χ0n) is 18.9. The van der Waals surface area contributed by atoms with Gasteiger partial charge < -0.3 is 5.32 Å². The van der Waals surface area contributed by atoms with Crippen LogP contribution < -0.4 is 5.32 Å². The molecule has 0 spiro atoms. The van der Waals surface area contributed by atoms with Crippen molar-refractivity contribution < 1.29 is 0 Å². The van der Waals surface area contributed by atoms with Crippen molar-refractivity contribution in [2.45, 2.75) is 6.92 Å². The van der Waals surface area contributed by atoms with Crippen molar-refractivity contribution >= 4 is 38.6 Å². The summed E-state index contributed by atoms with van der Waals surface area (Å²) >= 11 is 0. The third kappa shape index (κ3) is 4.16. The Morgan fingerprint density at radius 1 is 0.667 bits per heavy atom. The largest absolute Gasteiger partial charge is 0.354 e. The number of nitrogens with one attached hydrogen (secondary N) is 1. The van der Waals surface area contributed by atoms with Gasteiger partial charge in [-0.25, -0.2) is 0 Å². The number of fused-ring (bicyclic) bond motifs is 2. The molecule has 5 aromatic carbocycles. The van der Waals surface area contributed by atoms with Crippen molar-refractivity contribution in [3.05, 3.63) is 132 Å². The second-order valence-corrected chi connectivity index (χ2v) is 8.16. The lowest BCUT2D eigenvalue weighted by molar-refractivity contribution is 1.43. The molecule has 0 atom stereocenters. The Hall–Kier alpha value is -4.17. The van der Waals surface area contributed by atoms with Gasteiger partial charge in [0.2, 0.25) is 0 Å². The predicted molar refractivity (Wildman–Crippen MR) is 143 cm³/mol. The molecular formula is C31H26N2. The molecule has 0 radical (unpaired) electrons. The maximum absolute atomic E-state index is 4.70. The van der Waals surface area contributed by atoms with Gasteiger partial charge in [0.05, 0.1) is 5.71 Å². The zero-order chi connectivity index (χ0) is 22.6. The van der Waals surface area contributed by atoms with Crippen molar-refractivity contribution in [3.8, 4) is 0 Å². The molecule has 33 heavy (non-hydrogen) atoms. The van der Waals surface area contributed by atoms with Crippen molar-refractivity contribution in [3.63, 3.8) is 0 Å². The van der Waals surface area contributed by atoms with Crippen LogP contribution in [0.3, 0.4) is 0 Å². The fraction of sp³-hybridized carbons (Fsp3) is 0.0645. The summed E-state index contributed by atoms with van der Waals surface area (Å²) in [5.74, 6) is 0. The van der Waals surface area contributed by atoms with Crippen molar-refractivity contribution in [1.82, 2.24) is 0 Å². The number of aliphatic imine (C=N–C) groups is 1. The van der Waals surface area contributed by atoms with Gasteiger partial charge in [-0.2, -0.15) is 0 Å². The number of anilines is 1. The van der Waals surface area contributed by atoms with Crippen LogP contribution in [0.5, 0.6) is 0 Å². The Balaban J connectivity index is 1.67. The van der Waals surface area contributed by atoms with E-state index in [0.717, 1.165) is 28.2 Å². The van der Waals surface area contributed by atoms with E-state index in [1.54, 1.807) is 0 Å². The molecule has 0 saturated carbocycles. The Morgan fingerprint density at radius 3 is 2.06 bits per heavy atom. The second-order valence-electron chi connectivity index (χ2n) is 8.16. The number of hydrogen-bond acceptors (Lipinski definition) is 2. The highest BCUT2D eigenvalue weighted by atomic mass is 14.9. The number of rotatable bonds is 5. The van der Waals surface area contributed by atoms with Crippen LogP contribution in [0.15, 0.2) is 120 Å². The SMILES string of the molecule is C/N=C(\C=C(/Nc1c(C)ccc2ccccc12)c1ccccc1)c1cccc2ccccc12. The molecule has 5 rings (SSSR count). The number of benzene rings is 5. The van der Waals surface area contributed by atoms with Gasteiger partial charge in [0.15, 0.2) is 0 Å². The van der Waals surface area contributed by atoms with Gasteiger partial charge in [0.25, 0.3) is 0 Å². The smallest absolute Gasteiger partial charge is 0.0670 e. The van der Waals surface area contributed by atoms with Crippen LogP contribution >= 0.6 is 0 Å². The van der Waals surface area contributed by atoms with E-state index in [0.29, 0.717) is 0 Å². The third-order valence-electron chi connectivity index (χ3n) is 6.07. The summed E-state index contributed by atoms with van der Waals surface area (Å²) in [6, 6.07) is 38.2. The number of hydrogen-bond donors (Lipinski definition) is 1. The van der Waals surface area contributed by atoms with E-state index < -0.39 is 0 Å². The first kappa shape index (κ1) is 20.7. The van der Waals surface area contributed by atoms with Crippen LogP contribution in [-0.2, 0) is 0 Å². The molecule has 0 heterocycles. The lowest BCUT2D eigenvalue weighted by atomic mass is 9.98. The van der Waals surface area contributed by atoms with Gasteiger partial charge in [-0.3, -0.25) is 4.99 Å². The van der Waals surface area contributed by atoms with Gasteiger partial charge in [0, 0.05) is 29.4 Å². The Morgan fingerprint density at radius 2 is 1.30 bits per heavy atom. The summed E-state index contributed by atoms with van der Waals surface area (Å²) in [6.07, 6.45) is 2.16. The van der Waals surface area contributed by atoms with Crippen molar-refractivity contribution in [2.24, 2.45) is 4.99 Å². The van der Waals surface area contributed by atoms with E-state index in [1.165, 1.54) is 27.1 Å². The van der Waals surface area contributed by atoms with Crippen LogP contribution in [0.2, 0.25) is 0 Å². The molecule has 0 aliphatic heterocycles. The van der Waals surface area contributed by atoms with Crippen molar-refractivity contribution in [1.29, 1.82) is 0 Å². The summed E-state index contributed by atoms with van der Waals surface area (Å²) in [6.45, 7) is 2.15. The van der Waals surface area contributed by atoms with E-state index in [1.807, 2.05) is 13.1 Å². The van der Waals surface area contributed by atoms with E-state index in [-0.39, 0.29) is 0 Å². The Labute approximate surface area is 194 Å². The van der Waals surface area contributed by atoms with Crippen LogP contribution in [0.1, 0.15) is 16.7 Å². The van der Waals surface area contributed by atoms with Gasteiger partial charge in [-0.05, 0) is 40.3 Å². The fourth-order valence-corrected chi connectivity index (χ4v) is 4.34. The van der Waals surface area contributed by atoms with Gasteiger partial charge in [-0.1, -0.05) is 109 Å². The summed E-state index contributed by atoms with van der Waals surface area (Å²) in [4.78, 5) is 4.70. The number of nitrogens with zero attached hydrogens (tertiary/aromatic N) is 1. The molecule has 0 fully saturated rings. The minimum absolute atomic E-state index is 0.941. The molecule has 0 bridgehead atoms. The zero-order valence-corrected chi connectivity index (χ0v) is 18.9. The van der Waals surface area contributed by atoms with E-state index in [9.17, 15) is 0 Å². The molecule has 2 nitrogen and oxygen atoms in total. The topological polar surface area (TPSA) is 24.4 Å². The predicted octanol–water partition coefficient (Wildman–Crippen LogP) is 7.87. The normalized spacial score (nSPS) is 12.3. The van der Waals surface area contributed by atoms with Gasteiger partial charge in [-0.15, -0.1) is 0 Å². The van der Waals surface area contributed by atoms with E-state index >= 15 is 0 Å². The van der Waals surface area contributed by atoms with Crippen LogP contribution in [-0.4, -0.2) is 12.8 Å². The summed E-state index contributed by atoms with van der Waals surface area (Å²) in [5, 5.41) is 8.61. The molecule has 2 heteroatoms. The highest BCUT2D eigenvalue weighted by Crippen LogP contribution is 2.31. The fourth-order valence-electron chi connectivity index (χ4n) is 4.34. The maximum Gasteiger partial charge on any atom is 0.0670 e. The standard InChI is InChI=1S/C31H26N2/c1-22-19-20-24-12-7-9-17-27(24)31(22)33-29(25-13-4-3-5-14-25)21-30(32-2)28-18-10-15-23-11-6-8-16-26(23)28/h3-21,33H,1-2H3/b29-21-,32-30+. The second kappa shape index (κ2) is 9.13. The van der Waals surface area contributed by atoms with Gasteiger partial charge in [0.1, 0.15) is 0 Å². The molecule has 0 saturated heterocycles. The van der Waals surface area contributed by atoms with Crippen molar-refractivity contribution in [2.75, 3.05) is 12.4 Å². The summed E-state index contributed by atoms with van der Waals surface area (Å²) in [7, 11) is 1.86. The lowest BCUT2D eigenvalue weighted by Gasteiger charge is -2.17. The molecule has 0 aliphatic rings. The third-order valence-corrected chi connectivity index (χ3v) is 6.07. The maximum atomic E-state index is 4.70. The van der Waals surface area contributed by atoms with Crippen LogP contribution in [0.25, 0.3) is 27.2 Å². The molecule has 1 N–H and O–H groups in total. The highest BCUT2D eigenvalue weighted by Gasteiger charge is 2.12.